The third-order valence-corrected chi connectivity index (χ3v) is 6.93. The second kappa shape index (κ2) is 11.0. The molecular weight excluding hydrogens is 477 g/mol. The average molecular weight is 508 g/mol. The summed E-state index contributed by atoms with van der Waals surface area (Å²) in [4.78, 5) is 32.0. The van der Waals surface area contributed by atoms with Crippen LogP contribution in [0.5, 0.6) is 11.5 Å². The maximum atomic E-state index is 14.5. The topological polar surface area (TPSA) is 117 Å². The first-order valence-electron chi connectivity index (χ1n) is 12.5. The van der Waals surface area contributed by atoms with Gasteiger partial charge in [-0.3, -0.25) is 9.78 Å². The Labute approximate surface area is 214 Å². The molecule has 1 aromatic carbocycles. The number of methoxy groups -OCH3 is 1. The van der Waals surface area contributed by atoms with Crippen molar-refractivity contribution in [3.8, 4) is 22.8 Å². The first kappa shape index (κ1) is 24.8. The van der Waals surface area contributed by atoms with Crippen molar-refractivity contribution in [1.82, 2.24) is 20.6 Å². The summed E-state index contributed by atoms with van der Waals surface area (Å²) in [7, 11) is 1.39. The molecule has 2 aliphatic heterocycles. The third kappa shape index (κ3) is 5.01. The van der Waals surface area contributed by atoms with Crippen molar-refractivity contribution < 1.29 is 23.5 Å². The SMILES string of the molecule is COc1c(F)cccc1Nc1c(-c2ccncc2OCC2CCNC2)[nH]c2c1C(=O)NCC2CCC=O. The number of benzene rings is 1. The molecule has 0 bridgehead atoms. The van der Waals surface area contributed by atoms with Crippen LogP contribution in [0, 0.1) is 11.7 Å². The Bertz CT molecular complexity index is 1290. The number of carbonyl (C=O) groups excluding carboxylic acids is 2. The van der Waals surface area contributed by atoms with E-state index in [0.717, 1.165) is 37.1 Å². The quantitative estimate of drug-likeness (QED) is 0.309. The van der Waals surface area contributed by atoms with E-state index in [1.54, 1.807) is 24.5 Å². The summed E-state index contributed by atoms with van der Waals surface area (Å²) < 4.78 is 26.0. The van der Waals surface area contributed by atoms with Gasteiger partial charge in [-0.25, -0.2) is 4.39 Å². The van der Waals surface area contributed by atoms with Crippen LogP contribution >= 0.6 is 0 Å². The molecule has 0 aliphatic carbocycles. The number of fused-ring (bicyclic) bond motifs is 1. The summed E-state index contributed by atoms with van der Waals surface area (Å²) >= 11 is 0. The van der Waals surface area contributed by atoms with E-state index in [1.165, 1.54) is 13.2 Å². The van der Waals surface area contributed by atoms with E-state index >= 15 is 0 Å². The first-order valence-corrected chi connectivity index (χ1v) is 12.5. The van der Waals surface area contributed by atoms with E-state index in [0.29, 0.717) is 60.3 Å². The smallest absolute Gasteiger partial charge is 0.255 e. The molecule has 4 heterocycles. The van der Waals surface area contributed by atoms with Gasteiger partial charge in [0, 0.05) is 48.8 Å². The number of para-hydroxylation sites is 1. The summed E-state index contributed by atoms with van der Waals surface area (Å²) in [6, 6.07) is 6.40. The maximum absolute atomic E-state index is 14.5. The zero-order valence-electron chi connectivity index (χ0n) is 20.6. The molecule has 2 aliphatic rings. The lowest BCUT2D eigenvalue weighted by molar-refractivity contribution is -0.108. The zero-order valence-corrected chi connectivity index (χ0v) is 20.6. The lowest BCUT2D eigenvalue weighted by Crippen LogP contribution is -2.35. The summed E-state index contributed by atoms with van der Waals surface area (Å²) in [5.41, 5.74) is 3.33. The fraction of sp³-hybridized carbons (Fsp3) is 0.370. The van der Waals surface area contributed by atoms with Gasteiger partial charge in [-0.15, -0.1) is 0 Å². The number of pyridine rings is 1. The molecule has 4 N–H and O–H groups in total. The van der Waals surface area contributed by atoms with Gasteiger partial charge in [-0.1, -0.05) is 6.07 Å². The number of carbonyl (C=O) groups is 2. The first-order chi connectivity index (χ1) is 18.1. The number of aromatic amines is 1. The Kier molecular flexibility index (Phi) is 7.36. The van der Waals surface area contributed by atoms with Gasteiger partial charge in [0.05, 0.1) is 42.5 Å². The second-order valence-electron chi connectivity index (χ2n) is 9.30. The molecule has 2 aromatic heterocycles. The Morgan fingerprint density at radius 1 is 1.27 bits per heavy atom. The molecule has 1 fully saturated rings. The van der Waals surface area contributed by atoms with Crippen LogP contribution in [0.1, 0.15) is 41.2 Å². The molecule has 2 atom stereocenters. The molecule has 1 saturated heterocycles. The van der Waals surface area contributed by atoms with E-state index in [1.807, 2.05) is 6.07 Å². The fourth-order valence-electron chi connectivity index (χ4n) is 5.03. The Morgan fingerprint density at radius 3 is 2.95 bits per heavy atom. The number of hydrogen-bond donors (Lipinski definition) is 4. The number of aromatic nitrogens is 2. The molecule has 0 saturated carbocycles. The number of H-pyrrole nitrogens is 1. The van der Waals surface area contributed by atoms with E-state index in [2.05, 4.69) is 25.9 Å². The molecule has 9 nitrogen and oxygen atoms in total. The standard InChI is InChI=1S/C27H30FN5O4/c1-36-26-19(28)5-2-6-20(26)32-25-22-23(17(4-3-11-34)13-31-27(22)35)33-24(25)18-8-10-30-14-21(18)37-15-16-7-9-29-12-16/h2,5-6,8,10-11,14,16-17,29,32-33H,3-4,7,9,12-13,15H2,1H3,(H,31,35). The minimum atomic E-state index is -0.523. The molecule has 2 unspecified atom stereocenters. The van der Waals surface area contributed by atoms with Crippen molar-refractivity contribution >= 4 is 23.6 Å². The molecule has 1 amide bonds. The molecule has 0 radical (unpaired) electrons. The number of rotatable bonds is 10. The minimum absolute atomic E-state index is 0.0389. The normalized spacial score (nSPS) is 18.7. The average Bonchev–Trinajstić information content (AvgIpc) is 3.56. The Morgan fingerprint density at radius 2 is 2.16 bits per heavy atom. The number of aldehydes is 1. The predicted molar refractivity (Wildman–Crippen MR) is 137 cm³/mol. The number of anilines is 2. The molecule has 10 heteroatoms. The van der Waals surface area contributed by atoms with E-state index in [4.69, 9.17) is 9.47 Å². The highest BCUT2D eigenvalue weighted by Gasteiger charge is 2.33. The highest BCUT2D eigenvalue weighted by molar-refractivity contribution is 6.07. The van der Waals surface area contributed by atoms with Crippen LogP contribution < -0.4 is 25.4 Å². The largest absolute Gasteiger partial charge is 0.492 e. The summed E-state index contributed by atoms with van der Waals surface area (Å²) in [5.74, 6) is 0.148. The minimum Gasteiger partial charge on any atom is -0.492 e. The van der Waals surface area contributed by atoms with Gasteiger partial charge in [0.2, 0.25) is 0 Å². The van der Waals surface area contributed by atoms with Gasteiger partial charge in [0.15, 0.2) is 11.6 Å². The van der Waals surface area contributed by atoms with Gasteiger partial charge < -0.3 is 35.2 Å². The van der Waals surface area contributed by atoms with Crippen molar-refractivity contribution in [1.29, 1.82) is 0 Å². The van der Waals surface area contributed by atoms with Crippen LogP contribution in [0.4, 0.5) is 15.8 Å². The van der Waals surface area contributed by atoms with Crippen LogP contribution in [0.25, 0.3) is 11.3 Å². The zero-order chi connectivity index (χ0) is 25.8. The van der Waals surface area contributed by atoms with Gasteiger partial charge in [0.1, 0.15) is 12.0 Å². The number of halogens is 1. The van der Waals surface area contributed by atoms with Crippen LogP contribution in [-0.4, -0.2) is 55.5 Å². The lowest BCUT2D eigenvalue weighted by atomic mass is 9.92. The van der Waals surface area contributed by atoms with Crippen LogP contribution in [-0.2, 0) is 4.79 Å². The Balaban J connectivity index is 1.62. The van der Waals surface area contributed by atoms with Crippen molar-refractivity contribution in [2.75, 3.05) is 38.7 Å². The van der Waals surface area contributed by atoms with Crippen molar-refractivity contribution in [2.45, 2.75) is 25.2 Å². The Hall–Kier alpha value is -3.92. The summed E-state index contributed by atoms with van der Waals surface area (Å²) in [5, 5.41) is 9.54. The number of nitrogens with zero attached hydrogens (tertiary/aromatic N) is 1. The van der Waals surface area contributed by atoms with Crippen molar-refractivity contribution in [3.63, 3.8) is 0 Å². The van der Waals surface area contributed by atoms with E-state index in [-0.39, 0.29) is 17.6 Å². The number of hydrogen-bond acceptors (Lipinski definition) is 7. The summed E-state index contributed by atoms with van der Waals surface area (Å²) in [6.45, 7) is 2.82. The maximum Gasteiger partial charge on any atom is 0.255 e. The molecule has 0 spiro atoms. The summed E-state index contributed by atoms with van der Waals surface area (Å²) in [6.07, 6.45) is 6.19. The van der Waals surface area contributed by atoms with Crippen molar-refractivity contribution in [2.24, 2.45) is 5.92 Å². The van der Waals surface area contributed by atoms with Crippen LogP contribution in [0.2, 0.25) is 0 Å². The van der Waals surface area contributed by atoms with Crippen LogP contribution in [0.15, 0.2) is 36.7 Å². The molecule has 37 heavy (non-hydrogen) atoms. The second-order valence-corrected chi connectivity index (χ2v) is 9.30. The number of amides is 1. The van der Waals surface area contributed by atoms with Gasteiger partial charge in [-0.2, -0.15) is 0 Å². The number of nitrogens with one attached hydrogen (secondary N) is 4. The number of ether oxygens (including phenoxy) is 2. The van der Waals surface area contributed by atoms with Crippen molar-refractivity contribution in [3.05, 3.63) is 53.7 Å². The fourth-order valence-corrected chi connectivity index (χ4v) is 5.03. The third-order valence-electron chi connectivity index (χ3n) is 6.93. The lowest BCUT2D eigenvalue weighted by Gasteiger charge is -2.23. The van der Waals surface area contributed by atoms with Gasteiger partial charge in [0.25, 0.3) is 5.91 Å². The monoisotopic (exact) mass is 507 g/mol. The van der Waals surface area contributed by atoms with E-state index in [9.17, 15) is 14.0 Å². The van der Waals surface area contributed by atoms with Gasteiger partial charge in [-0.05, 0) is 37.6 Å². The van der Waals surface area contributed by atoms with Crippen LogP contribution in [0.3, 0.4) is 0 Å². The molecule has 3 aromatic rings. The van der Waals surface area contributed by atoms with Gasteiger partial charge >= 0.3 is 0 Å². The van der Waals surface area contributed by atoms with E-state index < -0.39 is 5.82 Å². The highest BCUT2D eigenvalue weighted by atomic mass is 19.1. The molecular formula is C27H30FN5O4. The highest BCUT2D eigenvalue weighted by Crippen LogP contribution is 2.44. The molecule has 194 valence electrons. The predicted octanol–water partition coefficient (Wildman–Crippen LogP) is 3.76. The molecule has 5 rings (SSSR count).